The topological polar surface area (TPSA) is 60.2 Å². The molecule has 0 aromatic heterocycles. The van der Waals surface area contributed by atoms with Crippen molar-refractivity contribution < 1.29 is 8.42 Å². The Kier molecular flexibility index (Phi) is 2.39. The number of primary sulfonamides is 1. The van der Waals surface area contributed by atoms with E-state index < -0.39 is 14.8 Å². The van der Waals surface area contributed by atoms with Crippen LogP contribution < -0.4 is 5.14 Å². The molecule has 2 unspecified atom stereocenters. The van der Waals surface area contributed by atoms with Gasteiger partial charge in [0.05, 0.1) is 4.75 Å². The van der Waals surface area contributed by atoms with Crippen LogP contribution in [0.1, 0.15) is 45.4 Å². The van der Waals surface area contributed by atoms with Crippen molar-refractivity contribution in [1.82, 2.24) is 0 Å². The Balaban J connectivity index is 2.25. The largest absolute Gasteiger partial charge is 0.228 e. The molecular weight excluding hydrogens is 198 g/mol. The molecule has 82 valence electrons. The molecule has 0 radical (unpaired) electrons. The molecule has 0 amide bonds. The van der Waals surface area contributed by atoms with Gasteiger partial charge in [-0.2, -0.15) is 0 Å². The molecule has 2 atom stereocenters. The van der Waals surface area contributed by atoms with Crippen molar-refractivity contribution in [2.24, 2.45) is 17.0 Å². The Morgan fingerprint density at radius 1 is 1.36 bits per heavy atom. The zero-order valence-corrected chi connectivity index (χ0v) is 9.52. The quantitative estimate of drug-likeness (QED) is 0.781. The Hall–Kier alpha value is -0.0900. The molecule has 2 saturated carbocycles. The highest BCUT2D eigenvalue weighted by atomic mass is 32.2. The maximum Gasteiger partial charge on any atom is 0.215 e. The van der Waals surface area contributed by atoms with Crippen molar-refractivity contribution in [3.05, 3.63) is 0 Å². The van der Waals surface area contributed by atoms with Gasteiger partial charge in [-0.05, 0) is 31.1 Å². The lowest BCUT2D eigenvalue weighted by Gasteiger charge is -2.22. The zero-order chi connectivity index (χ0) is 10.4. The third kappa shape index (κ3) is 1.31. The number of rotatable bonds is 3. The van der Waals surface area contributed by atoms with Gasteiger partial charge >= 0.3 is 0 Å². The predicted octanol–water partition coefficient (Wildman–Crippen LogP) is 1.63. The lowest BCUT2D eigenvalue weighted by molar-refractivity contribution is 0.446. The van der Waals surface area contributed by atoms with E-state index in [0.717, 1.165) is 25.7 Å². The first-order chi connectivity index (χ1) is 6.52. The van der Waals surface area contributed by atoms with Gasteiger partial charge in [0.2, 0.25) is 10.0 Å². The molecule has 2 aliphatic carbocycles. The minimum atomic E-state index is -3.34. The van der Waals surface area contributed by atoms with Crippen molar-refractivity contribution >= 4 is 10.0 Å². The lowest BCUT2D eigenvalue weighted by atomic mass is 9.99. The van der Waals surface area contributed by atoms with E-state index in [1.807, 2.05) is 0 Å². The normalized spacial score (nSPS) is 38.9. The fraction of sp³-hybridized carbons (Fsp3) is 1.00. The lowest BCUT2D eigenvalue weighted by Crippen LogP contribution is -2.38. The molecule has 3 nitrogen and oxygen atoms in total. The first-order valence-corrected chi connectivity index (χ1v) is 7.09. The maximum atomic E-state index is 11.6. The van der Waals surface area contributed by atoms with Crippen molar-refractivity contribution in [3.63, 3.8) is 0 Å². The summed E-state index contributed by atoms with van der Waals surface area (Å²) in [5.74, 6) is 0.683. The second kappa shape index (κ2) is 3.20. The van der Waals surface area contributed by atoms with Gasteiger partial charge in [-0.1, -0.05) is 26.2 Å². The molecule has 0 heterocycles. The molecule has 0 aliphatic heterocycles. The molecule has 0 spiro atoms. The van der Waals surface area contributed by atoms with E-state index in [9.17, 15) is 8.42 Å². The first kappa shape index (κ1) is 10.4. The number of nitrogens with two attached hydrogens (primary N) is 1. The van der Waals surface area contributed by atoms with Crippen LogP contribution in [0.3, 0.4) is 0 Å². The van der Waals surface area contributed by atoms with Gasteiger partial charge in [0.15, 0.2) is 0 Å². The summed E-state index contributed by atoms with van der Waals surface area (Å²) in [7, 11) is -3.34. The minimum absolute atomic E-state index is 0.334. The van der Waals surface area contributed by atoms with Crippen LogP contribution in [0, 0.1) is 11.8 Å². The summed E-state index contributed by atoms with van der Waals surface area (Å²) in [6.45, 7) is 2.06. The van der Waals surface area contributed by atoms with Crippen LogP contribution in [0.2, 0.25) is 0 Å². The first-order valence-electron chi connectivity index (χ1n) is 5.54. The highest BCUT2D eigenvalue weighted by molar-refractivity contribution is 7.90. The van der Waals surface area contributed by atoms with Crippen molar-refractivity contribution in [2.75, 3.05) is 0 Å². The molecule has 0 bridgehead atoms. The summed E-state index contributed by atoms with van der Waals surface area (Å²) >= 11 is 0. The van der Waals surface area contributed by atoms with Gasteiger partial charge in [-0.15, -0.1) is 0 Å². The number of hydrogen-bond donors (Lipinski definition) is 1. The Morgan fingerprint density at radius 3 is 2.29 bits per heavy atom. The van der Waals surface area contributed by atoms with Crippen LogP contribution in [0.25, 0.3) is 0 Å². The molecule has 4 heteroatoms. The molecular formula is C10H19NO2S. The van der Waals surface area contributed by atoms with Gasteiger partial charge in [-0.3, -0.25) is 0 Å². The van der Waals surface area contributed by atoms with E-state index in [1.165, 1.54) is 12.8 Å². The Bertz CT molecular complexity index is 319. The summed E-state index contributed by atoms with van der Waals surface area (Å²) < 4.78 is 22.8. The van der Waals surface area contributed by atoms with Crippen LogP contribution in [0.4, 0.5) is 0 Å². The van der Waals surface area contributed by atoms with Crippen LogP contribution in [0.15, 0.2) is 0 Å². The summed E-state index contributed by atoms with van der Waals surface area (Å²) in [4.78, 5) is 0. The second-order valence-electron chi connectivity index (χ2n) is 4.79. The van der Waals surface area contributed by atoms with E-state index in [4.69, 9.17) is 5.14 Å². The Labute approximate surface area is 86.1 Å². The van der Waals surface area contributed by atoms with Crippen molar-refractivity contribution in [1.29, 1.82) is 0 Å². The zero-order valence-electron chi connectivity index (χ0n) is 8.70. The van der Waals surface area contributed by atoms with Crippen LogP contribution in [-0.2, 0) is 10.0 Å². The molecule has 0 saturated heterocycles. The molecule has 0 aromatic rings. The minimum Gasteiger partial charge on any atom is -0.228 e. The smallest absolute Gasteiger partial charge is 0.215 e. The number of hydrogen-bond acceptors (Lipinski definition) is 2. The molecule has 2 N–H and O–H groups in total. The van der Waals surface area contributed by atoms with Crippen LogP contribution in [-0.4, -0.2) is 13.2 Å². The highest BCUT2D eigenvalue weighted by Crippen LogP contribution is 2.59. The second-order valence-corrected chi connectivity index (χ2v) is 6.64. The fourth-order valence-electron chi connectivity index (χ4n) is 3.31. The van der Waals surface area contributed by atoms with Gasteiger partial charge in [0.25, 0.3) is 0 Å². The third-order valence-electron chi connectivity index (χ3n) is 4.17. The van der Waals surface area contributed by atoms with Crippen LogP contribution in [0.5, 0.6) is 0 Å². The van der Waals surface area contributed by atoms with E-state index in [1.54, 1.807) is 0 Å². The molecule has 2 aliphatic rings. The highest BCUT2D eigenvalue weighted by Gasteiger charge is 2.65. The van der Waals surface area contributed by atoms with Crippen molar-refractivity contribution in [3.8, 4) is 0 Å². The molecule has 0 aromatic carbocycles. The van der Waals surface area contributed by atoms with Gasteiger partial charge in [0, 0.05) is 0 Å². The Morgan fingerprint density at radius 2 is 1.93 bits per heavy atom. The number of sulfonamides is 1. The van der Waals surface area contributed by atoms with Gasteiger partial charge in [-0.25, -0.2) is 13.6 Å². The average molecular weight is 217 g/mol. The summed E-state index contributed by atoms with van der Waals surface area (Å²) in [6, 6.07) is 0. The maximum absolute atomic E-state index is 11.6. The predicted molar refractivity (Wildman–Crippen MR) is 56.2 cm³/mol. The monoisotopic (exact) mass is 217 g/mol. The van der Waals surface area contributed by atoms with E-state index in [0.29, 0.717) is 11.8 Å². The fourth-order valence-corrected chi connectivity index (χ4v) is 5.08. The molecule has 2 rings (SSSR count). The van der Waals surface area contributed by atoms with E-state index in [2.05, 4.69) is 6.92 Å². The van der Waals surface area contributed by atoms with Gasteiger partial charge in [0.1, 0.15) is 0 Å². The third-order valence-corrected chi connectivity index (χ3v) is 6.06. The standard InChI is InChI=1S/C10H19NO2S/c1-2-8-7-10(8,14(11,12)13)9-5-3-4-6-9/h8-9H,2-7H2,1H3,(H2,11,12,13). The molecule has 14 heavy (non-hydrogen) atoms. The SMILES string of the molecule is CCC1CC1(C1CCCC1)S(N)(=O)=O. The van der Waals surface area contributed by atoms with Crippen molar-refractivity contribution in [2.45, 2.75) is 50.2 Å². The average Bonchev–Trinajstić information content (AvgIpc) is 2.63. The molecule has 2 fully saturated rings. The van der Waals surface area contributed by atoms with Crippen LogP contribution >= 0.6 is 0 Å². The van der Waals surface area contributed by atoms with Gasteiger partial charge < -0.3 is 0 Å². The summed E-state index contributed by atoms with van der Waals surface area (Å²) in [5, 5.41) is 5.39. The van der Waals surface area contributed by atoms with E-state index in [-0.39, 0.29) is 0 Å². The van der Waals surface area contributed by atoms with E-state index >= 15 is 0 Å². The summed E-state index contributed by atoms with van der Waals surface area (Å²) in [6.07, 6.45) is 6.25. The summed E-state index contributed by atoms with van der Waals surface area (Å²) in [5.41, 5.74) is 0.